The highest BCUT2D eigenvalue weighted by atomic mass is 32.1. The summed E-state index contributed by atoms with van der Waals surface area (Å²) in [6.45, 7) is 0.483. The van der Waals surface area contributed by atoms with Crippen LogP contribution in [0.15, 0.2) is 84.6 Å². The van der Waals surface area contributed by atoms with Gasteiger partial charge in [-0.1, -0.05) is 6.07 Å². The van der Waals surface area contributed by atoms with Crippen LogP contribution < -0.4 is 24.3 Å². The van der Waals surface area contributed by atoms with Gasteiger partial charge in [0.1, 0.15) is 23.9 Å². The van der Waals surface area contributed by atoms with Gasteiger partial charge in [-0.25, -0.2) is 0 Å². The summed E-state index contributed by atoms with van der Waals surface area (Å²) in [5.41, 5.74) is 4.43. The van der Waals surface area contributed by atoms with Gasteiger partial charge in [0.15, 0.2) is 11.5 Å². The lowest BCUT2D eigenvalue weighted by Gasteiger charge is -2.13. The number of methoxy groups -OCH3 is 2. The summed E-state index contributed by atoms with van der Waals surface area (Å²) in [6, 6.07) is 21.1. The number of rotatable bonds is 9. The maximum atomic E-state index is 6.03. The monoisotopic (exact) mass is 485 g/mol. The van der Waals surface area contributed by atoms with E-state index in [0.717, 1.165) is 38.7 Å². The van der Waals surface area contributed by atoms with E-state index in [4.69, 9.17) is 18.9 Å². The van der Waals surface area contributed by atoms with Crippen molar-refractivity contribution in [2.45, 2.75) is 6.61 Å². The number of pyridine rings is 1. The molecule has 5 rings (SSSR count). The normalized spacial score (nSPS) is 10.7. The molecule has 3 aromatic carbocycles. The highest BCUT2D eigenvalue weighted by Gasteiger charge is 2.10. The average Bonchev–Trinajstić information content (AvgIpc) is 3.42. The Morgan fingerprint density at radius 2 is 1.66 bits per heavy atom. The highest BCUT2D eigenvalue weighted by molar-refractivity contribution is 7.09. The van der Waals surface area contributed by atoms with Gasteiger partial charge in [0.2, 0.25) is 0 Å². The molecule has 0 saturated carbocycles. The molecule has 7 nitrogen and oxygen atoms in total. The smallest absolute Gasteiger partial charge is 0.162 e. The van der Waals surface area contributed by atoms with Crippen LogP contribution in [0.5, 0.6) is 28.7 Å². The van der Waals surface area contributed by atoms with E-state index in [-0.39, 0.29) is 0 Å². The molecular weight excluding hydrogens is 462 g/mol. The molecule has 0 unspecified atom stereocenters. The second kappa shape index (κ2) is 10.3. The third kappa shape index (κ3) is 5.28. The minimum atomic E-state index is 0.483. The molecule has 0 spiro atoms. The van der Waals surface area contributed by atoms with Crippen LogP contribution >= 0.6 is 11.3 Å². The summed E-state index contributed by atoms with van der Waals surface area (Å²) < 4.78 is 22.7. The predicted octanol–water partition coefficient (Wildman–Crippen LogP) is 6.82. The number of aromatic nitrogens is 2. The molecule has 0 amide bonds. The van der Waals surface area contributed by atoms with Crippen molar-refractivity contribution in [3.05, 3.63) is 89.5 Å². The Hall–Kier alpha value is -4.30. The Kier molecular flexibility index (Phi) is 6.63. The van der Waals surface area contributed by atoms with E-state index in [1.165, 1.54) is 0 Å². The third-order valence-corrected chi connectivity index (χ3v) is 6.04. The Morgan fingerprint density at radius 1 is 0.857 bits per heavy atom. The first-order valence-corrected chi connectivity index (χ1v) is 11.8. The summed E-state index contributed by atoms with van der Waals surface area (Å²) in [7, 11) is 3.23. The first-order chi connectivity index (χ1) is 17.2. The quantitative estimate of drug-likeness (QED) is 0.245. The van der Waals surface area contributed by atoms with Crippen molar-refractivity contribution < 1.29 is 18.9 Å². The Labute approximate surface area is 206 Å². The predicted molar refractivity (Wildman–Crippen MR) is 138 cm³/mol. The van der Waals surface area contributed by atoms with Crippen molar-refractivity contribution >= 4 is 33.6 Å². The van der Waals surface area contributed by atoms with Gasteiger partial charge in [-0.15, -0.1) is 11.3 Å². The lowest BCUT2D eigenvalue weighted by atomic mass is 10.1. The summed E-state index contributed by atoms with van der Waals surface area (Å²) in [5, 5.41) is 4.38. The Morgan fingerprint density at radius 3 is 2.43 bits per heavy atom. The fourth-order valence-corrected chi connectivity index (χ4v) is 4.08. The molecule has 0 radical (unpaired) electrons. The lowest BCUT2D eigenvalue weighted by molar-refractivity contribution is 0.308. The first kappa shape index (κ1) is 22.5. The zero-order valence-corrected chi connectivity index (χ0v) is 20.0. The lowest BCUT2D eigenvalue weighted by Crippen LogP contribution is -1.96. The number of hydrogen-bond acceptors (Lipinski definition) is 8. The number of anilines is 2. The Bertz CT molecular complexity index is 1420. The van der Waals surface area contributed by atoms with Crippen molar-refractivity contribution in [1.29, 1.82) is 0 Å². The molecule has 176 valence electrons. The summed E-state index contributed by atoms with van der Waals surface area (Å²) in [6.07, 6.45) is 3.57. The van der Waals surface area contributed by atoms with Crippen molar-refractivity contribution in [3.8, 4) is 28.7 Å². The van der Waals surface area contributed by atoms with Crippen LogP contribution in [0, 0.1) is 0 Å². The second-order valence-electron chi connectivity index (χ2n) is 7.57. The van der Waals surface area contributed by atoms with E-state index in [9.17, 15) is 0 Å². The van der Waals surface area contributed by atoms with Crippen LogP contribution in [0.25, 0.3) is 10.9 Å². The molecule has 0 atom stereocenters. The van der Waals surface area contributed by atoms with Crippen LogP contribution in [-0.4, -0.2) is 24.2 Å². The molecule has 0 aliphatic carbocycles. The second-order valence-corrected chi connectivity index (χ2v) is 8.54. The molecule has 1 N–H and O–H groups in total. The number of nitrogens with one attached hydrogen (secondary N) is 1. The van der Waals surface area contributed by atoms with Crippen molar-refractivity contribution in [1.82, 2.24) is 9.97 Å². The van der Waals surface area contributed by atoms with E-state index in [0.29, 0.717) is 23.9 Å². The van der Waals surface area contributed by atoms with Crippen LogP contribution in [0.2, 0.25) is 0 Å². The molecule has 2 heterocycles. The SMILES string of the molecule is COc1cc2nccc(Nc3ccc(Oc4cccc(OCc5cncs5)c4)cc3)c2cc1OC. The standard InChI is InChI=1S/C27H23N3O4S/c1-31-26-13-23-24(10-11-29-25(23)14-27(26)32-2)30-18-6-8-19(9-7-18)34-21-5-3-4-20(12-21)33-16-22-15-28-17-35-22/h3-15,17H,16H2,1-2H3,(H,29,30). The fraction of sp³-hybridized carbons (Fsp3) is 0.111. The van der Waals surface area contributed by atoms with Crippen molar-refractivity contribution in [2.24, 2.45) is 0 Å². The van der Waals surface area contributed by atoms with Crippen LogP contribution in [0.3, 0.4) is 0 Å². The average molecular weight is 486 g/mol. The minimum Gasteiger partial charge on any atom is -0.493 e. The minimum absolute atomic E-state index is 0.483. The van der Waals surface area contributed by atoms with E-state index in [2.05, 4.69) is 15.3 Å². The van der Waals surface area contributed by atoms with Gasteiger partial charge in [-0.3, -0.25) is 9.97 Å². The third-order valence-electron chi connectivity index (χ3n) is 5.29. The molecule has 0 saturated heterocycles. The van der Waals surface area contributed by atoms with E-state index >= 15 is 0 Å². The van der Waals surface area contributed by atoms with Crippen molar-refractivity contribution in [2.75, 3.05) is 19.5 Å². The number of benzene rings is 3. The maximum absolute atomic E-state index is 6.03. The first-order valence-electron chi connectivity index (χ1n) is 10.9. The number of hydrogen-bond donors (Lipinski definition) is 1. The van der Waals surface area contributed by atoms with Crippen molar-refractivity contribution in [3.63, 3.8) is 0 Å². The van der Waals surface area contributed by atoms with Crippen LogP contribution in [0.1, 0.15) is 4.88 Å². The topological polar surface area (TPSA) is 74.7 Å². The van der Waals surface area contributed by atoms with Gasteiger partial charge in [0, 0.05) is 41.3 Å². The fourth-order valence-electron chi connectivity index (χ4n) is 3.57. The molecular formula is C27H23N3O4S. The van der Waals surface area contributed by atoms with E-state index < -0.39 is 0 Å². The molecule has 2 aromatic heterocycles. The number of fused-ring (bicyclic) bond motifs is 1. The summed E-state index contributed by atoms with van der Waals surface area (Å²) >= 11 is 1.57. The molecule has 0 bridgehead atoms. The van der Waals surface area contributed by atoms with Crippen LogP contribution in [-0.2, 0) is 6.61 Å². The zero-order valence-electron chi connectivity index (χ0n) is 19.2. The van der Waals surface area contributed by atoms with Gasteiger partial charge in [-0.05, 0) is 48.5 Å². The largest absolute Gasteiger partial charge is 0.493 e. The molecule has 5 aromatic rings. The van der Waals surface area contributed by atoms with Gasteiger partial charge in [0.25, 0.3) is 0 Å². The van der Waals surface area contributed by atoms with E-state index in [1.54, 1.807) is 37.3 Å². The number of ether oxygens (including phenoxy) is 4. The molecule has 0 fully saturated rings. The van der Waals surface area contributed by atoms with Crippen LogP contribution in [0.4, 0.5) is 11.4 Å². The van der Waals surface area contributed by atoms with Gasteiger partial charge < -0.3 is 24.3 Å². The number of nitrogens with zero attached hydrogens (tertiary/aromatic N) is 2. The molecule has 35 heavy (non-hydrogen) atoms. The highest BCUT2D eigenvalue weighted by Crippen LogP contribution is 2.35. The maximum Gasteiger partial charge on any atom is 0.162 e. The summed E-state index contributed by atoms with van der Waals surface area (Å²) in [4.78, 5) is 9.59. The van der Waals surface area contributed by atoms with E-state index in [1.807, 2.05) is 72.9 Å². The van der Waals surface area contributed by atoms with Gasteiger partial charge in [0.05, 0.1) is 30.1 Å². The molecule has 8 heteroatoms. The summed E-state index contributed by atoms with van der Waals surface area (Å²) in [5.74, 6) is 3.46. The molecule has 0 aliphatic rings. The number of thiazole rings is 1. The zero-order chi connectivity index (χ0) is 24.0. The van der Waals surface area contributed by atoms with Gasteiger partial charge in [-0.2, -0.15) is 0 Å². The molecule has 0 aliphatic heterocycles. The van der Waals surface area contributed by atoms with Gasteiger partial charge >= 0.3 is 0 Å². The Balaban J connectivity index is 1.28.